The molecule has 0 unspecified atom stereocenters. The number of rotatable bonds is 0. The first-order valence-electron chi connectivity index (χ1n) is 3.71. The third-order valence-electron chi connectivity index (χ3n) is 1.80. The van der Waals surface area contributed by atoms with Crippen LogP contribution in [0.5, 0.6) is 0 Å². The summed E-state index contributed by atoms with van der Waals surface area (Å²) in [7, 11) is 0. The molecule has 0 aliphatic heterocycles. The maximum Gasteiger partial charge on any atom is 0.0908 e. The van der Waals surface area contributed by atoms with Crippen LogP contribution < -0.4 is 0 Å². The molecule has 3 heteroatoms. The predicted octanol–water partition coefficient (Wildman–Crippen LogP) is 3.52. The fourth-order valence-corrected chi connectivity index (χ4v) is 2.86. The van der Waals surface area contributed by atoms with Gasteiger partial charge in [-0.15, -0.1) is 11.3 Å². The van der Waals surface area contributed by atoms with Gasteiger partial charge in [-0.2, -0.15) is 0 Å². The molecule has 0 bridgehead atoms. The highest BCUT2D eigenvalue weighted by atomic mass is 127. The van der Waals surface area contributed by atoms with E-state index in [0.29, 0.717) is 0 Å². The van der Waals surface area contributed by atoms with Gasteiger partial charge >= 0.3 is 0 Å². The summed E-state index contributed by atoms with van der Waals surface area (Å²) >= 11 is 4.16. The largest absolute Gasteiger partial charge is 0.241 e. The molecule has 0 saturated carbocycles. The van der Waals surface area contributed by atoms with Gasteiger partial charge in [-0.25, -0.2) is 4.98 Å². The minimum Gasteiger partial charge on any atom is -0.241 e. The van der Waals surface area contributed by atoms with Gasteiger partial charge in [-0.3, -0.25) is 0 Å². The highest BCUT2D eigenvalue weighted by Gasteiger charge is 2.05. The van der Waals surface area contributed by atoms with Crippen molar-refractivity contribution in [3.05, 3.63) is 26.3 Å². The number of hydrogen-bond acceptors (Lipinski definition) is 2. The molecule has 0 saturated heterocycles. The topological polar surface area (TPSA) is 12.9 Å². The van der Waals surface area contributed by atoms with E-state index in [4.69, 9.17) is 0 Å². The maximum atomic E-state index is 4.43. The maximum absolute atomic E-state index is 4.43. The minimum atomic E-state index is 1.13. The molecule has 0 N–H and O–H groups in total. The zero-order valence-corrected chi connectivity index (χ0v) is 9.86. The first-order chi connectivity index (χ1) is 5.68. The van der Waals surface area contributed by atoms with Crippen molar-refractivity contribution in [3.8, 4) is 0 Å². The van der Waals surface area contributed by atoms with E-state index < -0.39 is 0 Å². The molecule has 2 rings (SSSR count). The molecule has 12 heavy (non-hydrogen) atoms. The molecular weight excluding hydrogens is 281 g/mol. The molecule has 0 aliphatic carbocycles. The summed E-state index contributed by atoms with van der Waals surface area (Å²) in [5, 5.41) is 1.15. The van der Waals surface area contributed by atoms with Crippen LogP contribution in [-0.2, 0) is 0 Å². The molecule has 0 amide bonds. The zero-order chi connectivity index (χ0) is 8.72. The van der Waals surface area contributed by atoms with Gasteiger partial charge in [0.05, 0.1) is 15.2 Å². The number of aromatic nitrogens is 1. The Morgan fingerprint density at radius 3 is 2.83 bits per heavy atom. The number of halogens is 1. The Morgan fingerprint density at radius 1 is 1.33 bits per heavy atom. The first kappa shape index (κ1) is 8.44. The Balaban J connectivity index is 2.89. The third-order valence-corrected chi connectivity index (χ3v) is 4.56. The summed E-state index contributed by atoms with van der Waals surface area (Å²) in [5.41, 5.74) is 2.47. The van der Waals surface area contributed by atoms with Gasteiger partial charge in [0.25, 0.3) is 0 Å². The van der Waals surface area contributed by atoms with E-state index in [1.807, 2.05) is 0 Å². The highest BCUT2D eigenvalue weighted by molar-refractivity contribution is 14.1. The van der Waals surface area contributed by atoms with E-state index in [-0.39, 0.29) is 0 Å². The fourth-order valence-electron chi connectivity index (χ4n) is 1.17. The van der Waals surface area contributed by atoms with Crippen LogP contribution in [0.25, 0.3) is 10.2 Å². The fraction of sp³-hybridized carbons (Fsp3) is 0.222. The minimum absolute atomic E-state index is 1.13. The molecule has 62 valence electrons. The van der Waals surface area contributed by atoms with Crippen molar-refractivity contribution in [1.29, 1.82) is 0 Å². The summed E-state index contributed by atoms with van der Waals surface area (Å²) in [6, 6.07) is 4.22. The first-order valence-corrected chi connectivity index (χ1v) is 5.60. The number of hydrogen-bond donors (Lipinski definition) is 0. The lowest BCUT2D eigenvalue weighted by Crippen LogP contribution is -1.78. The third kappa shape index (κ3) is 1.25. The normalized spacial score (nSPS) is 10.9. The summed E-state index contributed by atoms with van der Waals surface area (Å²) in [5.74, 6) is 0. The van der Waals surface area contributed by atoms with Gasteiger partial charge in [0.15, 0.2) is 0 Å². The molecule has 0 aliphatic rings. The van der Waals surface area contributed by atoms with Gasteiger partial charge < -0.3 is 0 Å². The van der Waals surface area contributed by atoms with E-state index in [0.717, 1.165) is 10.5 Å². The summed E-state index contributed by atoms with van der Waals surface area (Å²) < 4.78 is 2.67. The van der Waals surface area contributed by atoms with Crippen LogP contribution in [0.4, 0.5) is 0 Å². The average molecular weight is 289 g/mol. The summed E-state index contributed by atoms with van der Waals surface area (Å²) in [6.45, 7) is 4.19. The second-order valence-electron chi connectivity index (χ2n) is 2.78. The number of nitrogens with zero attached hydrogens (tertiary/aromatic N) is 1. The van der Waals surface area contributed by atoms with E-state index in [1.54, 1.807) is 11.3 Å². The second-order valence-corrected chi connectivity index (χ2v) is 5.06. The number of aryl methyl sites for hydroxylation is 2. The molecule has 0 fully saturated rings. The lowest BCUT2D eigenvalue weighted by atomic mass is 10.2. The molecule has 0 atom stereocenters. The van der Waals surface area contributed by atoms with Crippen molar-refractivity contribution in [2.75, 3.05) is 0 Å². The van der Waals surface area contributed by atoms with Crippen molar-refractivity contribution >= 4 is 44.1 Å². The van der Waals surface area contributed by atoms with Gasteiger partial charge in [0.1, 0.15) is 0 Å². The monoisotopic (exact) mass is 289 g/mol. The molecule has 1 heterocycles. The number of fused-ring (bicyclic) bond motifs is 1. The van der Waals surface area contributed by atoms with Crippen LogP contribution in [0.2, 0.25) is 0 Å². The van der Waals surface area contributed by atoms with Crippen molar-refractivity contribution in [3.63, 3.8) is 0 Å². The van der Waals surface area contributed by atoms with Crippen LogP contribution in [0.3, 0.4) is 0 Å². The summed E-state index contributed by atoms with van der Waals surface area (Å²) in [4.78, 5) is 4.43. The summed E-state index contributed by atoms with van der Waals surface area (Å²) in [6.07, 6.45) is 0. The molecule has 1 aromatic heterocycles. The van der Waals surface area contributed by atoms with Crippen LogP contribution >= 0.6 is 33.9 Å². The van der Waals surface area contributed by atoms with Crippen molar-refractivity contribution in [2.45, 2.75) is 13.8 Å². The van der Waals surface area contributed by atoms with Crippen LogP contribution in [0.15, 0.2) is 12.1 Å². The molecule has 0 radical (unpaired) electrons. The second kappa shape index (κ2) is 2.96. The standard InChI is InChI=1S/C9H8INS/c1-5-3-4-7-9(8(5)10)12-6(2)11-7/h3-4H,1-2H3. The van der Waals surface area contributed by atoms with E-state index in [9.17, 15) is 0 Å². The van der Waals surface area contributed by atoms with Crippen LogP contribution in [0.1, 0.15) is 10.6 Å². The van der Waals surface area contributed by atoms with Crippen molar-refractivity contribution < 1.29 is 0 Å². The Bertz CT molecular complexity index is 433. The molecule has 2 aromatic rings. The van der Waals surface area contributed by atoms with E-state index in [1.165, 1.54) is 13.8 Å². The average Bonchev–Trinajstić information content (AvgIpc) is 2.39. The molecular formula is C9H8INS. The van der Waals surface area contributed by atoms with Gasteiger partial charge in [-0.05, 0) is 48.1 Å². The Morgan fingerprint density at radius 2 is 2.08 bits per heavy atom. The van der Waals surface area contributed by atoms with Crippen molar-refractivity contribution in [2.24, 2.45) is 0 Å². The lowest BCUT2D eigenvalue weighted by molar-refractivity contribution is 1.34. The Labute approximate surface area is 89.0 Å². The highest BCUT2D eigenvalue weighted by Crippen LogP contribution is 2.28. The smallest absolute Gasteiger partial charge is 0.0908 e. The zero-order valence-electron chi connectivity index (χ0n) is 6.89. The Kier molecular flexibility index (Phi) is 2.08. The number of thiazole rings is 1. The van der Waals surface area contributed by atoms with Gasteiger partial charge in [0, 0.05) is 3.57 Å². The number of benzene rings is 1. The van der Waals surface area contributed by atoms with Gasteiger partial charge in [0.2, 0.25) is 0 Å². The van der Waals surface area contributed by atoms with E-state index >= 15 is 0 Å². The van der Waals surface area contributed by atoms with Gasteiger partial charge in [-0.1, -0.05) is 6.07 Å². The van der Waals surface area contributed by atoms with Crippen LogP contribution in [0, 0.1) is 17.4 Å². The van der Waals surface area contributed by atoms with Crippen molar-refractivity contribution in [1.82, 2.24) is 4.98 Å². The molecule has 1 nitrogen and oxygen atoms in total. The molecule has 1 aromatic carbocycles. The molecule has 0 spiro atoms. The quantitative estimate of drug-likeness (QED) is 0.676. The Hall–Kier alpha value is -0.160. The SMILES string of the molecule is Cc1nc2ccc(C)c(I)c2s1. The predicted molar refractivity (Wildman–Crippen MR) is 61.8 cm³/mol. The van der Waals surface area contributed by atoms with Crippen LogP contribution in [-0.4, -0.2) is 4.98 Å². The lowest BCUT2D eigenvalue weighted by Gasteiger charge is -1.96. The van der Waals surface area contributed by atoms with E-state index in [2.05, 4.69) is 53.6 Å².